The van der Waals surface area contributed by atoms with Gasteiger partial charge in [0.1, 0.15) is 5.57 Å². The Balaban J connectivity index is -0.000000320. The number of carboxylic acids is 1. The molecule has 10 heavy (non-hydrogen) atoms. The summed E-state index contributed by atoms with van der Waals surface area (Å²) in [5.41, 5.74) is -1.75. The molecule has 0 unspecified atom stereocenters. The molecule has 6 heteroatoms. The van der Waals surface area contributed by atoms with Crippen molar-refractivity contribution >= 4 is 5.97 Å². The van der Waals surface area contributed by atoms with E-state index >= 15 is 0 Å². The second-order valence-electron chi connectivity index (χ2n) is 1.28. The second kappa shape index (κ2) is 3.69. The van der Waals surface area contributed by atoms with Crippen LogP contribution in [0.25, 0.3) is 0 Å². The Morgan fingerprint density at radius 1 is 1.50 bits per heavy atom. The van der Waals surface area contributed by atoms with Crippen molar-refractivity contribution in [1.29, 1.82) is 0 Å². The van der Waals surface area contributed by atoms with E-state index in [1.807, 2.05) is 0 Å². The third-order valence-corrected chi connectivity index (χ3v) is 0.600. The molecule has 0 rings (SSSR count). The largest absolute Gasteiger partial charge is 1.00 e. The average molecular weight is 148 g/mol. The predicted molar refractivity (Wildman–Crippen MR) is 23.9 cm³/mol. The Morgan fingerprint density at radius 3 is 1.80 bits per heavy atom. The minimum absolute atomic E-state index is 0. The zero-order chi connectivity index (χ0) is 7.65. The molecule has 2 nitrogen and oxygen atoms in total. The summed E-state index contributed by atoms with van der Waals surface area (Å²) in [6.45, 7) is 2.30. The van der Waals surface area contributed by atoms with E-state index in [1.165, 1.54) is 0 Å². The summed E-state index contributed by atoms with van der Waals surface area (Å²) in [6, 6.07) is 0. The quantitative estimate of drug-likeness (QED) is 0.355. The van der Waals surface area contributed by atoms with Crippen molar-refractivity contribution in [3.05, 3.63) is 12.2 Å². The van der Waals surface area contributed by atoms with E-state index in [4.69, 9.17) is 5.11 Å². The fraction of sp³-hybridized carbons (Fsp3) is 0.250. The third kappa shape index (κ3) is 3.59. The fourth-order valence-electron chi connectivity index (χ4n) is 0.121. The van der Waals surface area contributed by atoms with Crippen LogP contribution in [-0.2, 0) is 4.79 Å². The van der Waals surface area contributed by atoms with Gasteiger partial charge in [0.05, 0.1) is 0 Å². The van der Waals surface area contributed by atoms with E-state index in [0.717, 1.165) is 0 Å². The molecule has 0 atom stereocenters. The first-order chi connectivity index (χ1) is 3.85. The molecule has 0 saturated heterocycles. The van der Waals surface area contributed by atoms with Crippen molar-refractivity contribution < 1.29 is 43.4 Å². The van der Waals surface area contributed by atoms with Crippen molar-refractivity contribution in [2.45, 2.75) is 6.18 Å². The van der Waals surface area contributed by atoms with Gasteiger partial charge in [0.25, 0.3) is 0 Å². The van der Waals surface area contributed by atoms with Gasteiger partial charge in [0.15, 0.2) is 0 Å². The van der Waals surface area contributed by atoms with Crippen LogP contribution < -0.4 is 18.9 Å². The standard InChI is InChI=1S/C4H3F3O2.Li.H/c1-2(3(8)9)4(5,6)7;;/h1H2,(H,8,9);;/q;+1;-1. The Labute approximate surface area is 68.4 Å². The number of hydrogen-bond donors (Lipinski definition) is 1. The maximum absolute atomic E-state index is 11.2. The molecule has 0 aliphatic rings. The third-order valence-electron chi connectivity index (χ3n) is 0.600. The first kappa shape index (κ1) is 12.3. The van der Waals surface area contributed by atoms with Crippen LogP contribution in [0.3, 0.4) is 0 Å². The number of rotatable bonds is 1. The predicted octanol–water partition coefficient (Wildman–Crippen LogP) is -1.69. The maximum atomic E-state index is 11.2. The molecule has 0 heterocycles. The maximum Gasteiger partial charge on any atom is 1.00 e. The number of carbonyl (C=O) groups is 1. The molecule has 0 aliphatic carbocycles. The molecule has 0 radical (unpaired) electrons. The summed E-state index contributed by atoms with van der Waals surface area (Å²) in [7, 11) is 0. The van der Waals surface area contributed by atoms with Crippen LogP contribution in [0.5, 0.6) is 0 Å². The molecular weight excluding hydrogens is 144 g/mol. The van der Waals surface area contributed by atoms with Crippen LogP contribution >= 0.6 is 0 Å². The molecule has 0 amide bonds. The van der Waals surface area contributed by atoms with Gasteiger partial charge in [0, 0.05) is 0 Å². The van der Waals surface area contributed by atoms with Crippen molar-refractivity contribution in [2.24, 2.45) is 0 Å². The van der Waals surface area contributed by atoms with Gasteiger partial charge in [-0.1, -0.05) is 6.58 Å². The van der Waals surface area contributed by atoms with Crippen molar-refractivity contribution in [3.8, 4) is 0 Å². The number of alkyl halides is 3. The SMILES string of the molecule is C=C(C(=O)O)C(F)(F)F.[H-].[Li+]. The van der Waals surface area contributed by atoms with E-state index in [9.17, 15) is 18.0 Å². The Kier molecular flexibility index (Phi) is 4.53. The number of hydrogen-bond acceptors (Lipinski definition) is 1. The van der Waals surface area contributed by atoms with Crippen LogP contribution in [0, 0.1) is 0 Å². The van der Waals surface area contributed by atoms with Crippen molar-refractivity contribution in [1.82, 2.24) is 0 Å². The van der Waals surface area contributed by atoms with Gasteiger partial charge in [-0.3, -0.25) is 0 Å². The zero-order valence-electron chi connectivity index (χ0n) is 6.20. The van der Waals surface area contributed by atoms with Gasteiger partial charge in [-0.2, -0.15) is 13.2 Å². The summed E-state index contributed by atoms with van der Waals surface area (Å²) in [5.74, 6) is -2.04. The van der Waals surface area contributed by atoms with E-state index in [0.29, 0.717) is 0 Å². The van der Waals surface area contributed by atoms with Gasteiger partial charge >= 0.3 is 31.0 Å². The molecule has 0 aromatic carbocycles. The van der Waals surface area contributed by atoms with E-state index in [2.05, 4.69) is 6.58 Å². The van der Waals surface area contributed by atoms with E-state index in [1.54, 1.807) is 0 Å². The van der Waals surface area contributed by atoms with Gasteiger partial charge in [-0.05, 0) is 0 Å². The molecule has 0 saturated carbocycles. The molecule has 1 N–H and O–H groups in total. The molecule has 0 aromatic heterocycles. The molecule has 0 aliphatic heterocycles. The minimum atomic E-state index is -4.81. The smallest absolute Gasteiger partial charge is 1.00 e. The normalized spacial score (nSPS) is 9.90. The van der Waals surface area contributed by atoms with Crippen LogP contribution in [0.2, 0.25) is 0 Å². The van der Waals surface area contributed by atoms with Crippen LogP contribution in [0.1, 0.15) is 1.43 Å². The van der Waals surface area contributed by atoms with Gasteiger partial charge in [0.2, 0.25) is 0 Å². The second-order valence-corrected chi connectivity index (χ2v) is 1.28. The number of halogens is 3. The summed E-state index contributed by atoms with van der Waals surface area (Å²) in [4.78, 5) is 9.53. The first-order valence-electron chi connectivity index (χ1n) is 1.85. The van der Waals surface area contributed by atoms with Crippen LogP contribution in [-0.4, -0.2) is 17.3 Å². The minimum Gasteiger partial charge on any atom is -1.00 e. The monoisotopic (exact) mass is 148 g/mol. The van der Waals surface area contributed by atoms with Crippen LogP contribution in [0.15, 0.2) is 12.2 Å². The molecule has 0 aromatic rings. The van der Waals surface area contributed by atoms with Gasteiger partial charge in [-0.15, -0.1) is 0 Å². The summed E-state index contributed by atoms with van der Waals surface area (Å²) >= 11 is 0. The van der Waals surface area contributed by atoms with Crippen molar-refractivity contribution in [3.63, 3.8) is 0 Å². The Morgan fingerprint density at radius 2 is 1.80 bits per heavy atom. The number of aliphatic carboxylic acids is 1. The molecular formula is C4H4F3LiO2. The first-order valence-corrected chi connectivity index (χ1v) is 1.85. The summed E-state index contributed by atoms with van der Waals surface area (Å²) < 4.78 is 33.7. The van der Waals surface area contributed by atoms with Gasteiger partial charge < -0.3 is 6.53 Å². The summed E-state index contributed by atoms with van der Waals surface area (Å²) in [5, 5.41) is 7.70. The zero-order valence-corrected chi connectivity index (χ0v) is 5.20. The molecule has 0 fully saturated rings. The average Bonchev–Trinajstić information content (AvgIpc) is 1.62. The van der Waals surface area contributed by atoms with Gasteiger partial charge in [-0.25, -0.2) is 4.79 Å². The Hall–Kier alpha value is -0.403. The fourth-order valence-corrected chi connectivity index (χ4v) is 0.121. The van der Waals surface area contributed by atoms with Crippen molar-refractivity contribution in [2.75, 3.05) is 0 Å². The molecule has 54 valence electrons. The van der Waals surface area contributed by atoms with E-state index < -0.39 is 17.7 Å². The van der Waals surface area contributed by atoms with Crippen LogP contribution in [0.4, 0.5) is 13.2 Å². The molecule has 0 spiro atoms. The molecule has 0 bridgehead atoms. The Bertz CT molecular complexity index is 156. The van der Waals surface area contributed by atoms with E-state index in [-0.39, 0.29) is 20.3 Å². The number of carboxylic acid groups (broad SMARTS) is 1. The topological polar surface area (TPSA) is 37.3 Å². The summed E-state index contributed by atoms with van der Waals surface area (Å²) in [6.07, 6.45) is -4.81.